The van der Waals surface area contributed by atoms with E-state index in [9.17, 15) is 12.8 Å². The Kier molecular flexibility index (Phi) is 5.36. The lowest BCUT2D eigenvalue weighted by Gasteiger charge is -2.40. The molecule has 1 aliphatic carbocycles. The van der Waals surface area contributed by atoms with Gasteiger partial charge in [0.05, 0.1) is 23.5 Å². The first kappa shape index (κ1) is 23.3. The van der Waals surface area contributed by atoms with Crippen LogP contribution in [0.2, 0.25) is 0 Å². The molecule has 0 saturated heterocycles. The maximum atomic E-state index is 15.1. The summed E-state index contributed by atoms with van der Waals surface area (Å²) >= 11 is 0. The highest BCUT2D eigenvalue weighted by Gasteiger charge is 2.62. The van der Waals surface area contributed by atoms with E-state index in [0.29, 0.717) is 41.7 Å². The maximum Gasteiger partial charge on any atom is 0.205 e. The fraction of sp³-hybridized carbons (Fsp3) is 0.360. The van der Waals surface area contributed by atoms with Gasteiger partial charge in [-0.3, -0.25) is 15.0 Å². The number of amidine groups is 1. The van der Waals surface area contributed by atoms with Crippen molar-refractivity contribution >= 4 is 32.3 Å². The third kappa shape index (κ3) is 3.65. The lowest BCUT2D eigenvalue weighted by molar-refractivity contribution is 0.384. The predicted octanol–water partition coefficient (Wildman–Crippen LogP) is 4.03. The van der Waals surface area contributed by atoms with Crippen LogP contribution in [0.25, 0.3) is 15.7 Å². The summed E-state index contributed by atoms with van der Waals surface area (Å²) in [5.74, 6) is -1.82. The van der Waals surface area contributed by atoms with E-state index in [1.807, 2.05) is 0 Å². The number of halogens is 2. The fourth-order valence-electron chi connectivity index (χ4n) is 5.05. The van der Waals surface area contributed by atoms with Crippen molar-refractivity contribution in [3.63, 3.8) is 0 Å². The van der Waals surface area contributed by atoms with Gasteiger partial charge in [-0.2, -0.15) is 0 Å². The minimum atomic E-state index is -4.04. The van der Waals surface area contributed by atoms with Crippen LogP contribution in [0.1, 0.15) is 36.6 Å². The van der Waals surface area contributed by atoms with Crippen LogP contribution in [-0.2, 0) is 21.8 Å². The number of aliphatic imine (C=N–C) groups is 1. The van der Waals surface area contributed by atoms with E-state index in [-0.39, 0.29) is 11.4 Å². The molecule has 7 nitrogen and oxygen atoms in total. The Labute approximate surface area is 201 Å². The molecule has 3 heterocycles. The molecule has 5 rings (SSSR count). The zero-order chi connectivity index (χ0) is 25.0. The Morgan fingerprint density at radius 3 is 2.66 bits per heavy atom. The summed E-state index contributed by atoms with van der Waals surface area (Å²) in [4.78, 5) is 16.6. The average molecular weight is 496 g/mol. The van der Waals surface area contributed by atoms with Crippen LogP contribution in [0.15, 0.2) is 47.7 Å². The summed E-state index contributed by atoms with van der Waals surface area (Å²) < 4.78 is 54.1. The highest BCUT2D eigenvalue weighted by molar-refractivity contribution is 7.93. The highest BCUT2D eigenvalue weighted by Crippen LogP contribution is 2.49. The van der Waals surface area contributed by atoms with Crippen LogP contribution in [0, 0.1) is 18.3 Å². The molecular weight excluding hydrogens is 472 g/mol. The van der Waals surface area contributed by atoms with Crippen LogP contribution < -0.4 is 5.73 Å². The van der Waals surface area contributed by atoms with Gasteiger partial charge in [-0.25, -0.2) is 22.0 Å². The van der Waals surface area contributed by atoms with Crippen molar-refractivity contribution in [2.24, 2.45) is 16.6 Å². The van der Waals surface area contributed by atoms with Gasteiger partial charge in [0, 0.05) is 24.4 Å². The number of pyridine rings is 2. The molecule has 35 heavy (non-hydrogen) atoms. The van der Waals surface area contributed by atoms with Gasteiger partial charge in [0.1, 0.15) is 23.9 Å². The number of rotatable bonds is 5. The number of alkyl halides is 1. The molecule has 0 bridgehead atoms. The molecule has 1 fully saturated rings. The zero-order valence-electron chi connectivity index (χ0n) is 19.0. The van der Waals surface area contributed by atoms with Crippen molar-refractivity contribution in [1.29, 1.82) is 0 Å². The number of sulfone groups is 1. The number of benzene rings is 1. The first-order chi connectivity index (χ1) is 16.6. The smallest absolute Gasteiger partial charge is 0.205 e. The topological polar surface area (TPSA) is 103 Å². The summed E-state index contributed by atoms with van der Waals surface area (Å²) in [7, 11) is -4.04. The van der Waals surface area contributed by atoms with Crippen molar-refractivity contribution in [2.45, 2.75) is 36.5 Å². The molecule has 2 atom stereocenters. The van der Waals surface area contributed by atoms with Crippen molar-refractivity contribution in [1.82, 2.24) is 9.97 Å². The summed E-state index contributed by atoms with van der Waals surface area (Å²) in [6.07, 6.45) is 4.53. The lowest BCUT2D eigenvalue weighted by atomic mass is 9.90. The van der Waals surface area contributed by atoms with Gasteiger partial charge >= 0.3 is 0 Å². The van der Waals surface area contributed by atoms with E-state index in [0.717, 1.165) is 5.39 Å². The van der Waals surface area contributed by atoms with E-state index in [1.165, 1.54) is 19.2 Å². The largest absolute Gasteiger partial charge is 0.386 e. The molecule has 3 aromatic rings. The van der Waals surface area contributed by atoms with Crippen molar-refractivity contribution in [3.8, 4) is 0 Å². The molecule has 1 aromatic carbocycles. The molecule has 10 heteroatoms. The summed E-state index contributed by atoms with van der Waals surface area (Å²) in [6, 6.07) is 7.91. The van der Waals surface area contributed by atoms with Crippen LogP contribution in [0.5, 0.6) is 0 Å². The van der Waals surface area contributed by atoms with Gasteiger partial charge < -0.3 is 5.73 Å². The maximum absolute atomic E-state index is 15.1. The second kappa shape index (κ2) is 8.05. The number of hydrogen-bond donors (Lipinski definition) is 1. The standard InChI is InChI=1S/C25H23F2N5O2S/c1-24(14-35(33,34)25(13-26,17-4-5-17)23(28)32-24)19-9-15(3-6-20(19)27)10-21-22-16(7-8-30-21)11-18(29-2)12-31-22/h3,6-9,11-12,17H,4-5,10,13-14H2,1H3,(H2,28,32)/t24-,25-/m0/s1. The van der Waals surface area contributed by atoms with Crippen molar-refractivity contribution in [2.75, 3.05) is 12.4 Å². The zero-order valence-corrected chi connectivity index (χ0v) is 19.8. The number of fused-ring (bicyclic) bond motifs is 1. The van der Waals surface area contributed by atoms with E-state index in [4.69, 9.17) is 12.3 Å². The average Bonchev–Trinajstić information content (AvgIpc) is 3.65. The molecule has 0 radical (unpaired) electrons. The van der Waals surface area contributed by atoms with Crippen molar-refractivity contribution in [3.05, 3.63) is 76.8 Å². The van der Waals surface area contributed by atoms with E-state index in [1.54, 1.807) is 30.5 Å². The van der Waals surface area contributed by atoms with Crippen LogP contribution in [-0.4, -0.2) is 41.4 Å². The first-order valence-electron chi connectivity index (χ1n) is 11.2. The second-order valence-electron chi connectivity index (χ2n) is 9.45. The highest BCUT2D eigenvalue weighted by atomic mass is 32.2. The van der Waals surface area contributed by atoms with E-state index < -0.39 is 44.3 Å². The summed E-state index contributed by atoms with van der Waals surface area (Å²) in [5.41, 5.74) is 7.04. The third-order valence-electron chi connectivity index (χ3n) is 7.03. The van der Waals surface area contributed by atoms with E-state index >= 15 is 4.39 Å². The summed E-state index contributed by atoms with van der Waals surface area (Å²) in [6.45, 7) is 7.54. The molecule has 2 aromatic heterocycles. The van der Waals surface area contributed by atoms with Gasteiger partial charge in [0.15, 0.2) is 14.6 Å². The molecule has 1 saturated carbocycles. The van der Waals surface area contributed by atoms with Gasteiger partial charge in [-0.1, -0.05) is 12.1 Å². The quantitative estimate of drug-likeness (QED) is 0.539. The van der Waals surface area contributed by atoms with E-state index in [2.05, 4.69) is 19.8 Å². The van der Waals surface area contributed by atoms with Gasteiger partial charge in [-0.05, 0) is 54.8 Å². The fourth-order valence-corrected chi connectivity index (χ4v) is 7.54. The Balaban J connectivity index is 1.56. The molecular formula is C25H23F2N5O2S. The summed E-state index contributed by atoms with van der Waals surface area (Å²) in [5, 5.41) is 0.760. The minimum absolute atomic E-state index is 0.0771. The van der Waals surface area contributed by atoms with Crippen LogP contribution >= 0.6 is 0 Å². The number of nitrogens with zero attached hydrogens (tertiary/aromatic N) is 4. The number of nitrogens with two attached hydrogens (primary N) is 1. The van der Waals surface area contributed by atoms with Gasteiger partial charge in [0.25, 0.3) is 0 Å². The molecule has 180 valence electrons. The molecule has 0 spiro atoms. The first-order valence-corrected chi connectivity index (χ1v) is 12.8. The van der Waals surface area contributed by atoms with Crippen LogP contribution in [0.4, 0.5) is 14.5 Å². The Morgan fingerprint density at radius 2 is 2.00 bits per heavy atom. The SMILES string of the molecule is [C-]#[N+]c1cnc2c(Cc3ccc(F)c([C@]4(C)CS(=O)(=O)[C@@](CF)(C5CC5)C(N)=N4)c3)nccc2c1. The van der Waals surface area contributed by atoms with Crippen molar-refractivity contribution < 1.29 is 17.2 Å². The number of hydrogen-bond acceptors (Lipinski definition) is 6. The minimum Gasteiger partial charge on any atom is -0.386 e. The molecule has 2 N–H and O–H groups in total. The monoisotopic (exact) mass is 495 g/mol. The lowest BCUT2D eigenvalue weighted by Crippen LogP contribution is -2.61. The predicted molar refractivity (Wildman–Crippen MR) is 129 cm³/mol. The second-order valence-corrected chi connectivity index (χ2v) is 11.7. The normalized spacial score (nSPS) is 25.7. The number of aromatic nitrogens is 2. The third-order valence-corrected chi connectivity index (χ3v) is 9.74. The van der Waals surface area contributed by atoms with Crippen LogP contribution in [0.3, 0.4) is 0 Å². The molecule has 0 amide bonds. The van der Waals surface area contributed by atoms with Gasteiger partial charge in [-0.15, -0.1) is 0 Å². The Morgan fingerprint density at radius 1 is 1.23 bits per heavy atom. The van der Waals surface area contributed by atoms with Gasteiger partial charge in [0.2, 0.25) is 5.69 Å². The molecule has 1 aliphatic heterocycles. The Bertz CT molecular complexity index is 1530. The Hall–Kier alpha value is -3.45. The molecule has 2 aliphatic rings. The molecule has 0 unspecified atom stereocenters.